The van der Waals surface area contributed by atoms with E-state index < -0.39 is 17.7 Å². The van der Waals surface area contributed by atoms with E-state index in [9.17, 15) is 14.4 Å². The van der Waals surface area contributed by atoms with Crippen LogP contribution in [0, 0.1) is 0 Å². The number of nitrogens with two attached hydrogens (primary N) is 3. The van der Waals surface area contributed by atoms with Crippen molar-refractivity contribution in [1.82, 2.24) is 15.0 Å². The minimum absolute atomic E-state index is 0.0173. The number of benzene rings is 3. The molecular formula is C27H18Cl3N9O3S3. The summed E-state index contributed by atoms with van der Waals surface area (Å²) in [4.78, 5) is 48.9. The molecule has 0 saturated carbocycles. The predicted molar refractivity (Wildman–Crippen MR) is 186 cm³/mol. The lowest BCUT2D eigenvalue weighted by atomic mass is 10.1. The Morgan fingerprint density at radius 3 is 0.956 bits per heavy atom. The molecule has 1 aromatic heterocycles. The van der Waals surface area contributed by atoms with Crippen LogP contribution in [0.4, 0.5) is 17.8 Å². The molecule has 0 aliphatic heterocycles. The van der Waals surface area contributed by atoms with Crippen molar-refractivity contribution >= 4 is 122 Å². The Labute approximate surface area is 286 Å². The van der Waals surface area contributed by atoms with Gasteiger partial charge in [0.25, 0.3) is 0 Å². The Balaban J connectivity index is 1.76. The zero-order valence-electron chi connectivity index (χ0n) is 22.4. The molecule has 0 aliphatic carbocycles. The smallest absolute Gasteiger partial charge is 0.249 e. The maximum Gasteiger partial charge on any atom is 0.249 e. The van der Waals surface area contributed by atoms with E-state index in [-0.39, 0.29) is 81.3 Å². The Morgan fingerprint density at radius 1 is 0.489 bits per heavy atom. The van der Waals surface area contributed by atoms with E-state index in [1.165, 1.54) is 54.6 Å². The second-order valence-electron chi connectivity index (χ2n) is 8.83. The number of rotatable bonds is 9. The normalized spacial score (nSPS) is 10.5. The first-order valence-corrected chi connectivity index (χ1v) is 14.6. The molecule has 9 N–H and O–H groups in total. The number of primary amides is 3. The summed E-state index contributed by atoms with van der Waals surface area (Å²) in [5, 5.41) is 9.29. The van der Waals surface area contributed by atoms with E-state index in [1.54, 1.807) is 0 Å². The second kappa shape index (κ2) is 14.2. The third-order valence-electron chi connectivity index (χ3n) is 5.79. The molecule has 0 atom stereocenters. The third-order valence-corrected chi connectivity index (χ3v) is 7.46. The van der Waals surface area contributed by atoms with Crippen LogP contribution in [0.1, 0.15) is 47.8 Å². The summed E-state index contributed by atoms with van der Waals surface area (Å²) in [6.07, 6.45) is 0. The molecule has 3 aromatic carbocycles. The lowest BCUT2D eigenvalue weighted by molar-refractivity contribution is 0.0991. The number of hydrogen-bond donors (Lipinski definition) is 6. The van der Waals surface area contributed by atoms with Crippen LogP contribution in [0.25, 0.3) is 0 Å². The molecule has 0 spiro atoms. The van der Waals surface area contributed by atoms with E-state index in [1.807, 2.05) is 0 Å². The van der Waals surface area contributed by atoms with Gasteiger partial charge in [0.1, 0.15) is 15.0 Å². The monoisotopic (exact) mass is 717 g/mol. The van der Waals surface area contributed by atoms with Gasteiger partial charge >= 0.3 is 0 Å². The molecule has 0 radical (unpaired) electrons. The molecule has 18 heteroatoms. The molecule has 0 bridgehead atoms. The topological polar surface area (TPSA) is 204 Å². The SMILES string of the molecule is NC(=O)c1ccc(Cl)cc1C(=S)Nc1nc(NC(=S)c2cc(Cl)ccc2C(N)=O)nc(NC(=S)c2cc(Cl)ccc2C(N)=O)n1. The van der Waals surface area contributed by atoms with Crippen molar-refractivity contribution in [3.8, 4) is 0 Å². The molecule has 12 nitrogen and oxygen atoms in total. The largest absolute Gasteiger partial charge is 0.366 e. The summed E-state index contributed by atoms with van der Waals surface area (Å²) >= 11 is 34.9. The lowest BCUT2D eigenvalue weighted by Crippen LogP contribution is -2.24. The molecule has 1 heterocycles. The standard InChI is InChI=1S/C27H18Cl3N9O3S3/c28-10-1-4-13(19(31)40)16(7-10)22(43)34-25-37-26(35-23(44)17-8-11(29)2-5-14(17)20(32)41)39-27(38-25)36-24(45)18-9-12(30)3-6-15(18)21(33)42/h1-9H,(H2,31,40)(H2,32,41)(H2,33,42)(H3,34,35,36,37,38,39,43,44,45). The van der Waals surface area contributed by atoms with E-state index in [2.05, 4.69) is 30.9 Å². The Bertz CT molecular complexity index is 1710. The van der Waals surface area contributed by atoms with Gasteiger partial charge in [0, 0.05) is 48.4 Å². The summed E-state index contributed by atoms with van der Waals surface area (Å²) in [5.74, 6) is -2.70. The highest BCUT2D eigenvalue weighted by Gasteiger charge is 2.20. The number of thiocarbonyl (C=S) groups is 3. The van der Waals surface area contributed by atoms with Crippen molar-refractivity contribution in [3.63, 3.8) is 0 Å². The van der Waals surface area contributed by atoms with Gasteiger partial charge in [-0.1, -0.05) is 71.5 Å². The predicted octanol–water partition coefficient (Wildman–Crippen LogP) is 4.49. The van der Waals surface area contributed by atoms with Crippen molar-refractivity contribution < 1.29 is 14.4 Å². The number of aromatic nitrogens is 3. The van der Waals surface area contributed by atoms with Crippen LogP contribution in [0.3, 0.4) is 0 Å². The highest BCUT2D eigenvalue weighted by molar-refractivity contribution is 7.81. The molecule has 3 amide bonds. The van der Waals surface area contributed by atoms with E-state index in [0.717, 1.165) is 0 Å². The molecule has 4 aromatic rings. The van der Waals surface area contributed by atoms with Crippen molar-refractivity contribution in [1.29, 1.82) is 0 Å². The van der Waals surface area contributed by atoms with Crippen LogP contribution in [0.15, 0.2) is 54.6 Å². The molecule has 0 aliphatic rings. The van der Waals surface area contributed by atoms with E-state index >= 15 is 0 Å². The lowest BCUT2D eigenvalue weighted by Gasteiger charge is -2.15. The summed E-state index contributed by atoms with van der Waals surface area (Å²) in [6, 6.07) is 13.0. The quantitative estimate of drug-likeness (QED) is 0.133. The maximum atomic E-state index is 12.0. The Morgan fingerprint density at radius 2 is 0.733 bits per heavy atom. The van der Waals surface area contributed by atoms with Gasteiger partial charge in [0.05, 0.1) is 0 Å². The average molecular weight is 719 g/mol. The first-order valence-electron chi connectivity index (χ1n) is 12.2. The fourth-order valence-electron chi connectivity index (χ4n) is 3.81. The highest BCUT2D eigenvalue weighted by Crippen LogP contribution is 2.22. The highest BCUT2D eigenvalue weighted by atomic mass is 35.5. The number of halogens is 3. The van der Waals surface area contributed by atoms with Gasteiger partial charge in [0.2, 0.25) is 35.6 Å². The first kappa shape index (κ1) is 33.5. The van der Waals surface area contributed by atoms with E-state index in [0.29, 0.717) is 0 Å². The van der Waals surface area contributed by atoms with Crippen molar-refractivity contribution in [2.75, 3.05) is 16.0 Å². The first-order chi connectivity index (χ1) is 21.2. The molecular weight excluding hydrogens is 701 g/mol. The zero-order valence-corrected chi connectivity index (χ0v) is 27.1. The minimum Gasteiger partial charge on any atom is -0.366 e. The fourth-order valence-corrected chi connectivity index (χ4v) is 5.10. The molecule has 45 heavy (non-hydrogen) atoms. The fraction of sp³-hybridized carbons (Fsp3) is 0. The number of hydrogen-bond acceptors (Lipinski definition) is 9. The summed E-state index contributed by atoms with van der Waals surface area (Å²) in [6.45, 7) is 0. The van der Waals surface area contributed by atoms with Crippen LogP contribution >= 0.6 is 71.5 Å². The number of amides is 3. The van der Waals surface area contributed by atoms with Gasteiger partial charge in [-0.25, -0.2) is 0 Å². The van der Waals surface area contributed by atoms with Crippen molar-refractivity contribution in [2.45, 2.75) is 0 Å². The Hall–Kier alpha value is -4.38. The summed E-state index contributed by atoms with van der Waals surface area (Å²) < 4.78 is 0. The molecule has 228 valence electrons. The zero-order chi connectivity index (χ0) is 33.0. The van der Waals surface area contributed by atoms with Crippen molar-refractivity contribution in [2.24, 2.45) is 17.2 Å². The van der Waals surface area contributed by atoms with Crippen molar-refractivity contribution in [3.05, 3.63) is 103 Å². The summed E-state index contributed by atoms with van der Waals surface area (Å²) in [7, 11) is 0. The minimum atomic E-state index is -0.750. The van der Waals surface area contributed by atoms with Crippen LogP contribution in [0.2, 0.25) is 15.1 Å². The van der Waals surface area contributed by atoms with Crippen LogP contribution in [-0.4, -0.2) is 47.6 Å². The van der Waals surface area contributed by atoms with Crippen LogP contribution in [0.5, 0.6) is 0 Å². The average Bonchev–Trinajstić information content (AvgIpc) is 2.96. The maximum absolute atomic E-state index is 12.0. The summed E-state index contributed by atoms with van der Waals surface area (Å²) in [5.41, 5.74) is 17.4. The van der Waals surface area contributed by atoms with Gasteiger partial charge in [-0.2, -0.15) is 15.0 Å². The van der Waals surface area contributed by atoms with E-state index in [4.69, 9.17) is 88.7 Å². The number of carbonyl (C=O) groups excluding carboxylic acids is 3. The molecule has 0 fully saturated rings. The van der Waals surface area contributed by atoms with Crippen LogP contribution < -0.4 is 33.2 Å². The van der Waals surface area contributed by atoms with Gasteiger partial charge in [-0.3, -0.25) is 14.4 Å². The van der Waals surface area contributed by atoms with Gasteiger partial charge < -0.3 is 33.2 Å². The number of carbonyl (C=O) groups is 3. The van der Waals surface area contributed by atoms with Crippen LogP contribution in [-0.2, 0) is 0 Å². The van der Waals surface area contributed by atoms with Gasteiger partial charge in [0.15, 0.2) is 0 Å². The molecule has 0 saturated heterocycles. The second-order valence-corrected chi connectivity index (χ2v) is 11.4. The molecule has 4 rings (SSSR count). The van der Waals surface area contributed by atoms with Gasteiger partial charge in [-0.15, -0.1) is 0 Å². The number of nitrogens with zero attached hydrogens (tertiary/aromatic N) is 3. The Kier molecular flexibility index (Phi) is 10.5. The number of nitrogens with one attached hydrogen (secondary N) is 3. The number of anilines is 3. The third kappa shape index (κ3) is 8.21. The van der Waals surface area contributed by atoms with Gasteiger partial charge in [-0.05, 0) is 54.6 Å². The molecule has 0 unspecified atom stereocenters.